The third-order valence-corrected chi connectivity index (χ3v) is 4.73. The molecular formula is C17H16BrClN2. The Hall–Kier alpha value is -1.32. The van der Waals surface area contributed by atoms with Gasteiger partial charge in [-0.25, -0.2) is 4.98 Å². The molecular weight excluding hydrogens is 348 g/mol. The minimum atomic E-state index is -0.156. The third-order valence-electron chi connectivity index (χ3n) is 3.67. The van der Waals surface area contributed by atoms with Gasteiger partial charge in [-0.15, -0.1) is 11.6 Å². The number of aryl methyl sites for hydroxylation is 1. The molecule has 0 bridgehead atoms. The monoisotopic (exact) mass is 362 g/mol. The van der Waals surface area contributed by atoms with Crippen LogP contribution in [-0.4, -0.2) is 9.55 Å². The van der Waals surface area contributed by atoms with Gasteiger partial charge in [0.25, 0.3) is 0 Å². The van der Waals surface area contributed by atoms with E-state index in [2.05, 4.69) is 58.6 Å². The summed E-state index contributed by atoms with van der Waals surface area (Å²) in [6, 6.07) is 12.5. The summed E-state index contributed by atoms with van der Waals surface area (Å²) in [5.74, 6) is 0.874. The molecule has 0 saturated carbocycles. The zero-order valence-electron chi connectivity index (χ0n) is 12.2. The molecule has 2 aromatic carbocycles. The van der Waals surface area contributed by atoms with E-state index in [-0.39, 0.29) is 5.38 Å². The number of rotatable bonds is 2. The van der Waals surface area contributed by atoms with Crippen LogP contribution in [0.15, 0.2) is 40.9 Å². The van der Waals surface area contributed by atoms with Crippen LogP contribution >= 0.6 is 27.5 Å². The maximum absolute atomic E-state index is 6.37. The maximum Gasteiger partial charge on any atom is 0.132 e. The van der Waals surface area contributed by atoms with Crippen LogP contribution in [0.2, 0.25) is 0 Å². The molecule has 0 fully saturated rings. The number of hydrogen-bond acceptors (Lipinski definition) is 1. The lowest BCUT2D eigenvalue weighted by Gasteiger charge is -2.14. The topological polar surface area (TPSA) is 17.8 Å². The molecule has 0 amide bonds. The van der Waals surface area contributed by atoms with E-state index in [4.69, 9.17) is 16.6 Å². The number of aromatic nitrogens is 2. The van der Waals surface area contributed by atoms with Crippen molar-refractivity contribution in [2.45, 2.75) is 26.1 Å². The molecule has 0 radical (unpaired) electrons. The summed E-state index contributed by atoms with van der Waals surface area (Å²) in [4.78, 5) is 4.72. The minimum absolute atomic E-state index is 0.156. The molecule has 1 heterocycles. The van der Waals surface area contributed by atoms with E-state index in [1.165, 1.54) is 11.1 Å². The first-order valence-corrected chi connectivity index (χ1v) is 8.10. The van der Waals surface area contributed by atoms with E-state index in [1.54, 1.807) is 0 Å². The normalized spacial score (nSPS) is 12.8. The molecule has 1 atom stereocenters. The number of hydrogen-bond donors (Lipinski definition) is 0. The number of alkyl halides is 1. The van der Waals surface area contributed by atoms with Gasteiger partial charge in [0.05, 0.1) is 22.1 Å². The van der Waals surface area contributed by atoms with Crippen LogP contribution < -0.4 is 0 Å². The van der Waals surface area contributed by atoms with Crippen LogP contribution in [0.5, 0.6) is 0 Å². The fraction of sp³-hybridized carbons (Fsp3) is 0.235. The lowest BCUT2D eigenvalue weighted by atomic mass is 10.1. The van der Waals surface area contributed by atoms with E-state index < -0.39 is 0 Å². The number of halogens is 2. The second kappa shape index (κ2) is 5.47. The summed E-state index contributed by atoms with van der Waals surface area (Å²) in [5, 5.41) is -0.156. The van der Waals surface area contributed by atoms with Crippen molar-refractivity contribution in [3.8, 4) is 5.69 Å². The van der Waals surface area contributed by atoms with E-state index in [0.29, 0.717) is 0 Å². The highest BCUT2D eigenvalue weighted by atomic mass is 79.9. The first kappa shape index (κ1) is 14.6. The van der Waals surface area contributed by atoms with E-state index >= 15 is 0 Å². The van der Waals surface area contributed by atoms with Gasteiger partial charge in [0.1, 0.15) is 5.82 Å². The van der Waals surface area contributed by atoms with Crippen molar-refractivity contribution < 1.29 is 0 Å². The van der Waals surface area contributed by atoms with Crippen LogP contribution in [0.4, 0.5) is 0 Å². The zero-order valence-corrected chi connectivity index (χ0v) is 14.5. The minimum Gasteiger partial charge on any atom is -0.295 e. The van der Waals surface area contributed by atoms with Gasteiger partial charge < -0.3 is 0 Å². The van der Waals surface area contributed by atoms with Crippen molar-refractivity contribution in [3.63, 3.8) is 0 Å². The first-order valence-electron chi connectivity index (χ1n) is 6.87. The van der Waals surface area contributed by atoms with Crippen molar-refractivity contribution >= 4 is 38.6 Å². The van der Waals surface area contributed by atoms with Gasteiger partial charge in [-0.05, 0) is 56.2 Å². The lowest BCUT2D eigenvalue weighted by Crippen LogP contribution is -2.04. The van der Waals surface area contributed by atoms with Gasteiger partial charge in [0.2, 0.25) is 0 Å². The molecule has 2 nitrogen and oxygen atoms in total. The molecule has 0 spiro atoms. The van der Waals surface area contributed by atoms with E-state index in [1.807, 2.05) is 19.1 Å². The quantitative estimate of drug-likeness (QED) is 0.534. The SMILES string of the molecule is Cc1ccc2nc(C(C)Cl)n(-c3cccc(Br)c3C)c2c1. The fourth-order valence-electron chi connectivity index (χ4n) is 2.56. The summed E-state index contributed by atoms with van der Waals surface area (Å²) >= 11 is 9.97. The van der Waals surface area contributed by atoms with Crippen LogP contribution in [0.25, 0.3) is 16.7 Å². The Morgan fingerprint density at radius 1 is 1.19 bits per heavy atom. The summed E-state index contributed by atoms with van der Waals surface area (Å²) in [7, 11) is 0. The highest BCUT2D eigenvalue weighted by molar-refractivity contribution is 9.10. The van der Waals surface area contributed by atoms with Crippen LogP contribution in [0.3, 0.4) is 0 Å². The Labute approximate surface area is 137 Å². The molecule has 21 heavy (non-hydrogen) atoms. The van der Waals surface area contributed by atoms with Gasteiger partial charge in [0.15, 0.2) is 0 Å². The van der Waals surface area contributed by atoms with Gasteiger partial charge >= 0.3 is 0 Å². The van der Waals surface area contributed by atoms with Gasteiger partial charge in [0, 0.05) is 4.47 Å². The predicted molar refractivity (Wildman–Crippen MR) is 92.5 cm³/mol. The third kappa shape index (κ3) is 2.49. The molecule has 3 rings (SSSR count). The summed E-state index contributed by atoms with van der Waals surface area (Å²) in [6.45, 7) is 6.15. The van der Waals surface area contributed by atoms with Crippen molar-refractivity contribution in [3.05, 3.63) is 57.8 Å². The summed E-state index contributed by atoms with van der Waals surface area (Å²) in [5.41, 5.74) is 5.57. The highest BCUT2D eigenvalue weighted by Gasteiger charge is 2.18. The van der Waals surface area contributed by atoms with Crippen LogP contribution in [0.1, 0.15) is 29.3 Å². The molecule has 0 saturated heterocycles. The molecule has 1 unspecified atom stereocenters. The Bertz CT molecular complexity index is 821. The molecule has 108 valence electrons. The number of nitrogens with zero attached hydrogens (tertiary/aromatic N) is 2. The largest absolute Gasteiger partial charge is 0.295 e. The molecule has 3 aromatic rings. The maximum atomic E-state index is 6.37. The van der Waals surface area contributed by atoms with E-state index in [0.717, 1.165) is 27.0 Å². The molecule has 0 N–H and O–H groups in total. The molecule has 0 aliphatic rings. The highest BCUT2D eigenvalue weighted by Crippen LogP contribution is 2.32. The van der Waals surface area contributed by atoms with Crippen LogP contribution in [-0.2, 0) is 0 Å². The average Bonchev–Trinajstić information content (AvgIpc) is 2.80. The Balaban J connectivity index is 2.41. The molecule has 1 aromatic heterocycles. The van der Waals surface area contributed by atoms with Crippen molar-refractivity contribution in [1.82, 2.24) is 9.55 Å². The fourth-order valence-corrected chi connectivity index (χ4v) is 3.06. The van der Waals surface area contributed by atoms with Crippen molar-refractivity contribution in [1.29, 1.82) is 0 Å². The predicted octanol–water partition coefficient (Wildman–Crippen LogP) is 5.70. The second-order valence-electron chi connectivity index (χ2n) is 5.30. The molecule has 0 aliphatic heterocycles. The second-order valence-corrected chi connectivity index (χ2v) is 6.81. The average molecular weight is 364 g/mol. The number of imidazole rings is 1. The Kier molecular flexibility index (Phi) is 3.80. The number of fused-ring (bicyclic) bond motifs is 1. The van der Waals surface area contributed by atoms with Crippen LogP contribution in [0, 0.1) is 13.8 Å². The summed E-state index contributed by atoms with van der Waals surface area (Å²) in [6.07, 6.45) is 0. The molecule has 0 aliphatic carbocycles. The zero-order chi connectivity index (χ0) is 15.1. The summed E-state index contributed by atoms with van der Waals surface area (Å²) < 4.78 is 3.25. The van der Waals surface area contributed by atoms with Gasteiger partial charge in [-0.1, -0.05) is 28.1 Å². The van der Waals surface area contributed by atoms with Gasteiger partial charge in [-0.2, -0.15) is 0 Å². The number of benzene rings is 2. The standard InChI is InChI=1S/C17H16BrClN2/c1-10-7-8-14-16(9-10)21(17(20-14)12(3)19)15-6-4-5-13(18)11(15)2/h4-9,12H,1-3H3. The van der Waals surface area contributed by atoms with Crippen molar-refractivity contribution in [2.24, 2.45) is 0 Å². The smallest absolute Gasteiger partial charge is 0.132 e. The first-order chi connectivity index (χ1) is 9.99. The van der Waals surface area contributed by atoms with Gasteiger partial charge in [-0.3, -0.25) is 4.57 Å². The van der Waals surface area contributed by atoms with E-state index in [9.17, 15) is 0 Å². The molecule has 4 heteroatoms. The van der Waals surface area contributed by atoms with Crippen molar-refractivity contribution in [2.75, 3.05) is 0 Å². The Morgan fingerprint density at radius 3 is 2.67 bits per heavy atom. The lowest BCUT2D eigenvalue weighted by molar-refractivity contribution is 0.877. The Morgan fingerprint density at radius 2 is 1.95 bits per heavy atom.